The second-order valence-corrected chi connectivity index (χ2v) is 2.28. The fraction of sp³-hybridized carbons (Fsp3) is 0.143. The van der Waals surface area contributed by atoms with Crippen molar-refractivity contribution in [3.05, 3.63) is 24.3 Å². The molecule has 1 aliphatic rings. The zero-order valence-electron chi connectivity index (χ0n) is 4.39. The van der Waals surface area contributed by atoms with Crippen molar-refractivity contribution >= 4 is 22.5 Å². The van der Waals surface area contributed by atoms with Crippen LogP contribution in [-0.2, 0) is 0 Å². The van der Waals surface area contributed by atoms with Crippen molar-refractivity contribution in [3.63, 3.8) is 0 Å². The quantitative estimate of drug-likeness (QED) is 0.409. The van der Waals surface area contributed by atoms with Crippen LogP contribution in [0.1, 0.15) is 0 Å². The predicted molar refractivity (Wildman–Crippen MR) is 35.3 cm³/mol. The van der Waals surface area contributed by atoms with E-state index >= 15 is 0 Å². The van der Waals surface area contributed by atoms with Crippen molar-refractivity contribution in [2.75, 3.05) is 0 Å². The SMILES string of the molecule is [Sn][C]#CC1C=CC=C1. The van der Waals surface area contributed by atoms with Crippen molar-refractivity contribution in [3.8, 4) is 9.86 Å². The van der Waals surface area contributed by atoms with Crippen LogP contribution >= 0.6 is 0 Å². The second-order valence-electron chi connectivity index (χ2n) is 1.56. The Balaban J connectivity index is 2.58. The zero-order valence-corrected chi connectivity index (χ0v) is 7.24. The van der Waals surface area contributed by atoms with Gasteiger partial charge in [0.05, 0.1) is 0 Å². The summed E-state index contributed by atoms with van der Waals surface area (Å²) in [5.41, 5.74) is 0. The molecule has 1 aliphatic carbocycles. The second kappa shape index (κ2) is 2.98. The number of allylic oxidation sites excluding steroid dienone is 4. The molecule has 0 saturated carbocycles. The van der Waals surface area contributed by atoms with Crippen LogP contribution in [0.5, 0.6) is 0 Å². The standard InChI is InChI=1S/C7H5.Sn/c1-2-7-5-3-4-6-7;/h3-7H;. The molecule has 0 N–H and O–H groups in total. The first-order valence-electron chi connectivity index (χ1n) is 2.46. The van der Waals surface area contributed by atoms with Crippen LogP contribution in [0.15, 0.2) is 24.3 Å². The molecule has 0 atom stereocenters. The van der Waals surface area contributed by atoms with Crippen LogP contribution in [0.25, 0.3) is 0 Å². The van der Waals surface area contributed by atoms with Crippen molar-refractivity contribution in [2.24, 2.45) is 5.92 Å². The van der Waals surface area contributed by atoms with Gasteiger partial charge in [0.1, 0.15) is 0 Å². The molecular weight excluding hydrogens is 203 g/mol. The molecule has 0 fully saturated rings. The molecule has 8 heavy (non-hydrogen) atoms. The molecule has 0 saturated heterocycles. The van der Waals surface area contributed by atoms with Crippen LogP contribution in [0.3, 0.4) is 0 Å². The van der Waals surface area contributed by atoms with E-state index in [9.17, 15) is 0 Å². The van der Waals surface area contributed by atoms with Gasteiger partial charge >= 0.3 is 62.6 Å². The zero-order chi connectivity index (χ0) is 5.82. The maximum absolute atomic E-state index is 3.06. The van der Waals surface area contributed by atoms with E-state index in [4.69, 9.17) is 0 Å². The average molecular weight is 208 g/mol. The van der Waals surface area contributed by atoms with E-state index in [0.717, 1.165) is 0 Å². The molecule has 0 unspecified atom stereocenters. The Bertz CT molecular complexity index is 166. The van der Waals surface area contributed by atoms with Gasteiger partial charge in [0.15, 0.2) is 0 Å². The Morgan fingerprint density at radius 1 is 1.25 bits per heavy atom. The van der Waals surface area contributed by atoms with E-state index < -0.39 is 0 Å². The fourth-order valence-electron chi connectivity index (χ4n) is 0.611. The molecule has 0 aliphatic heterocycles. The van der Waals surface area contributed by atoms with Gasteiger partial charge in [-0.3, -0.25) is 0 Å². The first-order valence-corrected chi connectivity index (χ1v) is 3.88. The third-order valence-corrected chi connectivity index (χ3v) is 1.40. The normalized spacial score (nSPS) is 16.1. The van der Waals surface area contributed by atoms with Crippen molar-refractivity contribution in [2.45, 2.75) is 0 Å². The van der Waals surface area contributed by atoms with Crippen molar-refractivity contribution < 1.29 is 0 Å². The molecule has 1 rings (SSSR count). The molecule has 1 heteroatoms. The summed E-state index contributed by atoms with van der Waals surface area (Å²) < 4.78 is 2.95. The Hall–Kier alpha value is -0.161. The molecule has 0 aromatic heterocycles. The number of hydrogen-bond acceptors (Lipinski definition) is 0. The van der Waals surface area contributed by atoms with E-state index in [2.05, 4.69) is 22.0 Å². The molecule has 37 valence electrons. The fourth-order valence-corrected chi connectivity index (χ4v) is 1.09. The molecule has 0 amide bonds. The average Bonchev–Trinajstić information content (AvgIpc) is 2.19. The van der Waals surface area contributed by atoms with Crippen LogP contribution in [-0.4, -0.2) is 22.5 Å². The van der Waals surface area contributed by atoms with Gasteiger partial charge in [-0.2, -0.15) is 0 Å². The van der Waals surface area contributed by atoms with E-state index in [0.29, 0.717) is 5.92 Å². The summed E-state index contributed by atoms with van der Waals surface area (Å²) in [5.74, 6) is 3.47. The predicted octanol–water partition coefficient (Wildman–Crippen LogP) is 0.858. The van der Waals surface area contributed by atoms with Gasteiger partial charge in [-0.05, 0) is 0 Å². The van der Waals surface area contributed by atoms with Gasteiger partial charge in [-0.15, -0.1) is 0 Å². The van der Waals surface area contributed by atoms with Gasteiger partial charge in [-0.1, -0.05) is 0 Å². The number of rotatable bonds is 0. The molecule has 0 spiro atoms. The third kappa shape index (κ3) is 1.41. The Morgan fingerprint density at radius 2 is 1.88 bits per heavy atom. The summed E-state index contributed by atoms with van der Waals surface area (Å²) in [6.07, 6.45) is 8.25. The van der Waals surface area contributed by atoms with Gasteiger partial charge in [-0.25, -0.2) is 0 Å². The van der Waals surface area contributed by atoms with Gasteiger partial charge < -0.3 is 0 Å². The van der Waals surface area contributed by atoms with E-state index in [1.807, 2.05) is 12.2 Å². The summed E-state index contributed by atoms with van der Waals surface area (Å²) in [6, 6.07) is 0. The summed E-state index contributed by atoms with van der Waals surface area (Å²) in [5, 5.41) is 0. The monoisotopic (exact) mass is 209 g/mol. The van der Waals surface area contributed by atoms with Crippen LogP contribution < -0.4 is 0 Å². The van der Waals surface area contributed by atoms with E-state index in [1.165, 1.54) is 22.5 Å². The Morgan fingerprint density at radius 3 is 2.38 bits per heavy atom. The molecule has 0 bridgehead atoms. The van der Waals surface area contributed by atoms with Gasteiger partial charge in [0.2, 0.25) is 0 Å². The van der Waals surface area contributed by atoms with Gasteiger partial charge in [0, 0.05) is 0 Å². The van der Waals surface area contributed by atoms with Crippen LogP contribution in [0.2, 0.25) is 0 Å². The Kier molecular flexibility index (Phi) is 2.23. The Labute approximate surface area is 62.8 Å². The number of hydrogen-bond donors (Lipinski definition) is 0. The molecule has 0 nitrogen and oxygen atoms in total. The van der Waals surface area contributed by atoms with E-state index in [-0.39, 0.29) is 0 Å². The van der Waals surface area contributed by atoms with E-state index in [1.54, 1.807) is 0 Å². The summed E-state index contributed by atoms with van der Waals surface area (Å²) in [7, 11) is 0. The summed E-state index contributed by atoms with van der Waals surface area (Å²) in [6.45, 7) is 0. The van der Waals surface area contributed by atoms with Crippen molar-refractivity contribution in [1.29, 1.82) is 0 Å². The minimum atomic E-state index is 0.411. The molecule has 0 heterocycles. The van der Waals surface area contributed by atoms with Crippen LogP contribution in [0.4, 0.5) is 0 Å². The maximum atomic E-state index is 3.06. The first-order chi connectivity index (χ1) is 3.93. The summed E-state index contributed by atoms with van der Waals surface area (Å²) >= 11 is 1.30. The first kappa shape index (κ1) is 5.97. The minimum absolute atomic E-state index is 0.411. The van der Waals surface area contributed by atoms with Crippen LogP contribution in [0, 0.1) is 15.8 Å². The molecule has 0 aromatic rings. The van der Waals surface area contributed by atoms with Gasteiger partial charge in [0.25, 0.3) is 0 Å². The third-order valence-electron chi connectivity index (χ3n) is 0.987. The molecular formula is C7H5Sn. The molecule has 0 aromatic carbocycles. The van der Waals surface area contributed by atoms with Crippen molar-refractivity contribution in [1.82, 2.24) is 0 Å². The topological polar surface area (TPSA) is 0 Å². The molecule has 3 radical (unpaired) electrons. The summed E-state index contributed by atoms with van der Waals surface area (Å²) in [4.78, 5) is 0.